The number of benzene rings is 2. The maximum Gasteiger partial charge on any atom is 0.255 e. The van der Waals surface area contributed by atoms with E-state index < -0.39 is 9.84 Å². The number of nitrogens with one attached hydrogen (secondary N) is 2. The molecule has 7 nitrogen and oxygen atoms in total. The zero-order valence-electron chi connectivity index (χ0n) is 13.6. The average Bonchev–Trinajstić information content (AvgIpc) is 3.09. The van der Waals surface area contributed by atoms with Crippen molar-refractivity contribution in [3.05, 3.63) is 59.9 Å². The third-order valence-electron chi connectivity index (χ3n) is 3.66. The minimum atomic E-state index is -3.40. The van der Waals surface area contributed by atoms with Crippen molar-refractivity contribution in [2.45, 2.75) is 11.8 Å². The van der Waals surface area contributed by atoms with E-state index in [9.17, 15) is 13.2 Å². The highest BCUT2D eigenvalue weighted by Gasteiger charge is 2.15. The van der Waals surface area contributed by atoms with Gasteiger partial charge in [0.25, 0.3) is 5.91 Å². The van der Waals surface area contributed by atoms with E-state index in [0.717, 1.165) is 11.8 Å². The van der Waals surface area contributed by atoms with Crippen molar-refractivity contribution in [3.8, 4) is 11.4 Å². The first kappa shape index (κ1) is 16.8. The van der Waals surface area contributed by atoms with Crippen LogP contribution in [0.15, 0.2) is 53.7 Å². The summed E-state index contributed by atoms with van der Waals surface area (Å²) in [7, 11) is -3.40. The Balaban J connectivity index is 1.87. The molecule has 0 aliphatic carbocycles. The molecule has 3 rings (SSSR count). The van der Waals surface area contributed by atoms with Gasteiger partial charge in [0.05, 0.1) is 4.90 Å². The fourth-order valence-electron chi connectivity index (χ4n) is 2.43. The fraction of sp³-hybridized carbons (Fsp3) is 0.118. The van der Waals surface area contributed by atoms with E-state index in [1.54, 1.807) is 37.3 Å². The predicted octanol–water partition coefficient (Wildman–Crippen LogP) is 2.44. The van der Waals surface area contributed by atoms with Crippen molar-refractivity contribution in [1.82, 2.24) is 15.2 Å². The highest BCUT2D eigenvalue weighted by atomic mass is 32.2. The van der Waals surface area contributed by atoms with Crippen LogP contribution < -0.4 is 5.32 Å². The highest BCUT2D eigenvalue weighted by Crippen LogP contribution is 2.21. The Morgan fingerprint density at radius 3 is 2.64 bits per heavy atom. The number of rotatable bonds is 4. The average molecular weight is 356 g/mol. The molecule has 0 saturated carbocycles. The van der Waals surface area contributed by atoms with Gasteiger partial charge in [-0.1, -0.05) is 18.2 Å². The third-order valence-corrected chi connectivity index (χ3v) is 4.90. The molecule has 0 fully saturated rings. The van der Waals surface area contributed by atoms with E-state index in [2.05, 4.69) is 20.5 Å². The molecule has 0 radical (unpaired) electrons. The standard InChI is InChI=1S/C17H16N4O3S/c1-11-6-7-13(9-15(11)25(2,23)24)17(22)20-14-5-3-4-12(8-14)16-18-10-19-21-16/h3-10H,1-2H3,(H,20,22)(H,18,19,21). The topological polar surface area (TPSA) is 105 Å². The zero-order chi connectivity index (χ0) is 18.0. The number of sulfone groups is 1. The van der Waals surface area contributed by atoms with Crippen molar-refractivity contribution in [3.63, 3.8) is 0 Å². The van der Waals surface area contributed by atoms with Crippen LogP contribution in [0.3, 0.4) is 0 Å². The molecule has 25 heavy (non-hydrogen) atoms. The van der Waals surface area contributed by atoms with Crippen LogP contribution in [0.5, 0.6) is 0 Å². The number of carbonyl (C=O) groups is 1. The molecule has 0 aliphatic rings. The van der Waals surface area contributed by atoms with Crippen LogP contribution in [0.2, 0.25) is 0 Å². The molecule has 1 heterocycles. The minimum absolute atomic E-state index is 0.149. The van der Waals surface area contributed by atoms with Gasteiger partial charge in [-0.25, -0.2) is 13.4 Å². The lowest BCUT2D eigenvalue weighted by molar-refractivity contribution is 0.102. The van der Waals surface area contributed by atoms with E-state index in [0.29, 0.717) is 17.1 Å². The first-order valence-electron chi connectivity index (χ1n) is 7.42. The Morgan fingerprint density at radius 1 is 1.16 bits per heavy atom. The summed E-state index contributed by atoms with van der Waals surface area (Å²) in [6.45, 7) is 1.69. The number of anilines is 1. The normalized spacial score (nSPS) is 11.3. The number of H-pyrrole nitrogens is 1. The monoisotopic (exact) mass is 356 g/mol. The molecule has 0 unspecified atom stereocenters. The maximum absolute atomic E-state index is 12.5. The van der Waals surface area contributed by atoms with Gasteiger partial charge in [-0.05, 0) is 36.8 Å². The summed E-state index contributed by atoms with van der Waals surface area (Å²) in [6, 6.07) is 11.7. The molecule has 0 saturated heterocycles. The molecule has 0 aliphatic heterocycles. The van der Waals surface area contributed by atoms with Gasteiger partial charge < -0.3 is 5.32 Å². The molecular formula is C17H16N4O3S. The summed E-state index contributed by atoms with van der Waals surface area (Å²) < 4.78 is 23.6. The second kappa shape index (κ2) is 6.48. The predicted molar refractivity (Wildman–Crippen MR) is 94.1 cm³/mol. The molecule has 2 aromatic carbocycles. The summed E-state index contributed by atoms with van der Waals surface area (Å²) in [5, 5.41) is 9.32. The van der Waals surface area contributed by atoms with Gasteiger partial charge in [0.1, 0.15) is 6.33 Å². The van der Waals surface area contributed by atoms with Crippen LogP contribution in [-0.4, -0.2) is 35.8 Å². The number of hydrogen-bond acceptors (Lipinski definition) is 5. The SMILES string of the molecule is Cc1ccc(C(=O)Nc2cccc(-c3ncn[nH]3)c2)cc1S(C)(=O)=O. The summed E-state index contributed by atoms with van der Waals surface area (Å²) >= 11 is 0. The van der Waals surface area contributed by atoms with Gasteiger partial charge in [-0.2, -0.15) is 5.10 Å². The van der Waals surface area contributed by atoms with Crippen LogP contribution in [0, 0.1) is 6.92 Å². The Labute approximate surface area is 145 Å². The van der Waals surface area contributed by atoms with Crippen LogP contribution in [0.4, 0.5) is 5.69 Å². The summed E-state index contributed by atoms with van der Waals surface area (Å²) in [6.07, 6.45) is 2.53. The lowest BCUT2D eigenvalue weighted by Crippen LogP contribution is -2.13. The number of hydrogen-bond donors (Lipinski definition) is 2. The Kier molecular flexibility index (Phi) is 4.37. The van der Waals surface area contributed by atoms with E-state index in [-0.39, 0.29) is 16.4 Å². The number of carbonyl (C=O) groups excluding carboxylic acids is 1. The zero-order valence-corrected chi connectivity index (χ0v) is 14.5. The maximum atomic E-state index is 12.5. The molecular weight excluding hydrogens is 340 g/mol. The molecule has 2 N–H and O–H groups in total. The van der Waals surface area contributed by atoms with E-state index in [1.807, 2.05) is 6.07 Å². The third kappa shape index (κ3) is 3.74. The quantitative estimate of drug-likeness (QED) is 0.747. The Bertz CT molecular complexity index is 1030. The molecule has 8 heteroatoms. The van der Waals surface area contributed by atoms with E-state index in [1.165, 1.54) is 12.4 Å². The van der Waals surface area contributed by atoms with Crippen molar-refractivity contribution in [2.24, 2.45) is 0 Å². The number of amides is 1. The Hall–Kier alpha value is -3.00. The first-order valence-corrected chi connectivity index (χ1v) is 9.31. The molecule has 1 aromatic heterocycles. The van der Waals surface area contributed by atoms with Crippen molar-refractivity contribution >= 4 is 21.4 Å². The van der Waals surface area contributed by atoms with Crippen LogP contribution in [-0.2, 0) is 9.84 Å². The smallest absolute Gasteiger partial charge is 0.255 e. The molecule has 0 spiro atoms. The van der Waals surface area contributed by atoms with Gasteiger partial charge in [-0.3, -0.25) is 9.89 Å². The molecule has 3 aromatic rings. The number of aromatic nitrogens is 3. The molecule has 128 valence electrons. The van der Waals surface area contributed by atoms with Gasteiger partial charge >= 0.3 is 0 Å². The Morgan fingerprint density at radius 2 is 1.96 bits per heavy atom. The molecule has 0 bridgehead atoms. The van der Waals surface area contributed by atoms with Crippen molar-refractivity contribution in [2.75, 3.05) is 11.6 Å². The van der Waals surface area contributed by atoms with Crippen LogP contribution >= 0.6 is 0 Å². The summed E-state index contributed by atoms with van der Waals surface area (Å²) in [4.78, 5) is 16.7. The summed E-state index contributed by atoms with van der Waals surface area (Å²) in [5.41, 5.74) is 2.22. The minimum Gasteiger partial charge on any atom is -0.322 e. The van der Waals surface area contributed by atoms with Crippen molar-refractivity contribution < 1.29 is 13.2 Å². The van der Waals surface area contributed by atoms with Gasteiger partial charge in [0, 0.05) is 23.1 Å². The van der Waals surface area contributed by atoms with Gasteiger partial charge in [0.2, 0.25) is 0 Å². The lowest BCUT2D eigenvalue weighted by Gasteiger charge is -2.09. The first-order chi connectivity index (χ1) is 11.8. The lowest BCUT2D eigenvalue weighted by atomic mass is 10.1. The highest BCUT2D eigenvalue weighted by molar-refractivity contribution is 7.90. The fourth-order valence-corrected chi connectivity index (χ4v) is 3.43. The number of aryl methyl sites for hydroxylation is 1. The van der Waals surface area contributed by atoms with E-state index >= 15 is 0 Å². The number of nitrogens with zero attached hydrogens (tertiary/aromatic N) is 2. The largest absolute Gasteiger partial charge is 0.322 e. The van der Waals surface area contributed by atoms with Crippen LogP contribution in [0.25, 0.3) is 11.4 Å². The van der Waals surface area contributed by atoms with Crippen molar-refractivity contribution in [1.29, 1.82) is 0 Å². The van der Waals surface area contributed by atoms with E-state index in [4.69, 9.17) is 0 Å². The second-order valence-corrected chi connectivity index (χ2v) is 7.61. The summed E-state index contributed by atoms with van der Waals surface area (Å²) in [5.74, 6) is 0.199. The van der Waals surface area contributed by atoms with Crippen LogP contribution in [0.1, 0.15) is 15.9 Å². The number of aromatic amines is 1. The van der Waals surface area contributed by atoms with Gasteiger partial charge in [0.15, 0.2) is 15.7 Å². The molecule has 1 amide bonds. The molecule has 0 atom stereocenters. The van der Waals surface area contributed by atoms with Gasteiger partial charge in [-0.15, -0.1) is 0 Å². The second-order valence-electron chi connectivity index (χ2n) is 5.62.